The second-order valence-corrected chi connectivity index (χ2v) is 5.70. The van der Waals surface area contributed by atoms with Gasteiger partial charge in [-0.15, -0.1) is 0 Å². The lowest BCUT2D eigenvalue weighted by atomic mass is 10.0. The lowest BCUT2D eigenvalue weighted by Gasteiger charge is -2.29. The Hall–Kier alpha value is -0.480. The van der Waals surface area contributed by atoms with Crippen LogP contribution in [0.5, 0.6) is 0 Å². The largest absolute Gasteiger partial charge is 0.308 e. The van der Waals surface area contributed by atoms with Gasteiger partial charge in [-0.1, -0.05) is 13.3 Å². The maximum atomic E-state index is 4.55. The van der Waals surface area contributed by atoms with Crippen molar-refractivity contribution in [3.8, 4) is 0 Å². The van der Waals surface area contributed by atoms with Crippen molar-refractivity contribution in [1.29, 1.82) is 0 Å². The predicted octanol–water partition coefficient (Wildman–Crippen LogP) is 2.36. The number of nitrogens with one attached hydrogen (secondary N) is 1. The summed E-state index contributed by atoms with van der Waals surface area (Å²) < 4.78 is 1.90. The van der Waals surface area contributed by atoms with E-state index in [9.17, 15) is 0 Å². The van der Waals surface area contributed by atoms with Crippen LogP contribution >= 0.6 is 11.8 Å². The van der Waals surface area contributed by atoms with Crippen molar-refractivity contribution in [2.75, 3.05) is 12.3 Å². The molecule has 2 unspecified atom stereocenters. The van der Waals surface area contributed by atoms with E-state index in [2.05, 4.69) is 35.2 Å². The van der Waals surface area contributed by atoms with Crippen molar-refractivity contribution in [2.45, 2.75) is 37.5 Å². The van der Waals surface area contributed by atoms with Gasteiger partial charge in [0.15, 0.2) is 0 Å². The van der Waals surface area contributed by atoms with Crippen molar-refractivity contribution in [2.24, 2.45) is 7.05 Å². The van der Waals surface area contributed by atoms with Crippen LogP contribution in [0.4, 0.5) is 0 Å². The molecule has 1 N–H and O–H groups in total. The molecule has 2 atom stereocenters. The van der Waals surface area contributed by atoms with Gasteiger partial charge < -0.3 is 5.32 Å². The van der Waals surface area contributed by atoms with Gasteiger partial charge in [0, 0.05) is 18.5 Å². The summed E-state index contributed by atoms with van der Waals surface area (Å²) in [5.41, 5.74) is 1.20. The lowest BCUT2D eigenvalue weighted by molar-refractivity contribution is 0.477. The van der Waals surface area contributed by atoms with E-state index in [0.29, 0.717) is 11.3 Å². The van der Waals surface area contributed by atoms with E-state index >= 15 is 0 Å². The maximum absolute atomic E-state index is 4.55. The average Bonchev–Trinajstić information content (AvgIpc) is 2.74. The summed E-state index contributed by atoms with van der Waals surface area (Å²) in [6.07, 6.45) is 6.10. The molecule has 0 aromatic carbocycles. The summed E-state index contributed by atoms with van der Waals surface area (Å²) >= 11 is 2.10. The molecule has 0 radical (unpaired) electrons. The van der Waals surface area contributed by atoms with Crippen LogP contribution in [0.2, 0.25) is 0 Å². The van der Waals surface area contributed by atoms with Crippen molar-refractivity contribution < 1.29 is 0 Å². The molecule has 0 saturated carbocycles. The third-order valence-electron chi connectivity index (χ3n) is 3.06. The van der Waals surface area contributed by atoms with Crippen molar-refractivity contribution in [3.63, 3.8) is 0 Å². The minimum atomic E-state index is 0.427. The molecule has 4 heteroatoms. The van der Waals surface area contributed by atoms with E-state index in [1.54, 1.807) is 0 Å². The first kappa shape index (κ1) is 12.0. The summed E-state index contributed by atoms with van der Waals surface area (Å²) in [4.78, 5) is 0. The molecule has 1 aromatic rings. The standard InChI is InChI=1S/C12H21N3S/c1-3-13-12(10-7-8-15(2)14-10)11-6-4-5-9-16-11/h7-8,11-13H,3-6,9H2,1-2H3. The first-order valence-electron chi connectivity index (χ1n) is 6.15. The first-order chi connectivity index (χ1) is 7.81. The summed E-state index contributed by atoms with van der Waals surface area (Å²) in [6.45, 7) is 3.18. The van der Waals surface area contributed by atoms with Crippen molar-refractivity contribution in [1.82, 2.24) is 15.1 Å². The summed E-state index contributed by atoms with van der Waals surface area (Å²) in [5, 5.41) is 8.83. The molecule has 2 rings (SSSR count). The molecule has 1 aromatic heterocycles. The minimum Gasteiger partial charge on any atom is -0.308 e. The number of aryl methyl sites for hydroxylation is 1. The Morgan fingerprint density at radius 2 is 2.50 bits per heavy atom. The number of hydrogen-bond donors (Lipinski definition) is 1. The van der Waals surface area contributed by atoms with Crippen LogP contribution < -0.4 is 5.32 Å². The zero-order chi connectivity index (χ0) is 11.4. The van der Waals surface area contributed by atoms with Gasteiger partial charge in [-0.25, -0.2) is 0 Å². The molecule has 0 amide bonds. The van der Waals surface area contributed by atoms with Gasteiger partial charge >= 0.3 is 0 Å². The molecule has 1 aliphatic heterocycles. The van der Waals surface area contributed by atoms with E-state index in [-0.39, 0.29) is 0 Å². The van der Waals surface area contributed by atoms with Gasteiger partial charge in [0.1, 0.15) is 0 Å². The molecule has 90 valence electrons. The molecular formula is C12H21N3S. The Morgan fingerprint density at radius 3 is 3.06 bits per heavy atom. The van der Waals surface area contributed by atoms with E-state index in [1.807, 2.05) is 17.9 Å². The summed E-state index contributed by atoms with van der Waals surface area (Å²) in [5.74, 6) is 1.30. The molecule has 0 bridgehead atoms. The van der Waals surface area contributed by atoms with Gasteiger partial charge in [-0.05, 0) is 31.2 Å². The highest BCUT2D eigenvalue weighted by atomic mass is 32.2. The highest BCUT2D eigenvalue weighted by molar-refractivity contribution is 8.00. The molecule has 0 spiro atoms. The second kappa shape index (κ2) is 5.73. The lowest BCUT2D eigenvalue weighted by Crippen LogP contribution is -2.32. The van der Waals surface area contributed by atoms with Crippen LogP contribution in [0, 0.1) is 0 Å². The third-order valence-corrected chi connectivity index (χ3v) is 4.52. The van der Waals surface area contributed by atoms with Gasteiger partial charge in [0.25, 0.3) is 0 Å². The molecule has 2 heterocycles. The maximum Gasteiger partial charge on any atom is 0.0805 e. The Kier molecular flexibility index (Phi) is 4.29. The molecular weight excluding hydrogens is 218 g/mol. The van der Waals surface area contributed by atoms with E-state index in [1.165, 1.54) is 30.7 Å². The molecule has 1 saturated heterocycles. The quantitative estimate of drug-likeness (QED) is 0.875. The Labute approximate surface area is 102 Å². The Bertz CT molecular complexity index is 318. The first-order valence-corrected chi connectivity index (χ1v) is 7.20. The fourth-order valence-corrected chi connectivity index (χ4v) is 3.71. The highest BCUT2D eigenvalue weighted by Gasteiger charge is 2.26. The average molecular weight is 239 g/mol. The smallest absolute Gasteiger partial charge is 0.0805 e. The number of nitrogens with zero attached hydrogens (tertiary/aromatic N) is 2. The highest BCUT2D eigenvalue weighted by Crippen LogP contribution is 2.34. The van der Waals surface area contributed by atoms with Gasteiger partial charge in [-0.3, -0.25) is 4.68 Å². The van der Waals surface area contributed by atoms with Gasteiger partial charge in [-0.2, -0.15) is 16.9 Å². The normalized spacial score (nSPS) is 23.2. The van der Waals surface area contributed by atoms with Crippen LogP contribution in [0.3, 0.4) is 0 Å². The number of hydrogen-bond acceptors (Lipinski definition) is 3. The molecule has 1 aliphatic rings. The van der Waals surface area contributed by atoms with Crippen LogP contribution in [-0.4, -0.2) is 27.3 Å². The summed E-state index contributed by atoms with van der Waals surface area (Å²) in [7, 11) is 1.99. The molecule has 0 aliphatic carbocycles. The van der Waals surface area contributed by atoms with Crippen LogP contribution in [-0.2, 0) is 7.05 Å². The van der Waals surface area contributed by atoms with Gasteiger partial charge in [0.2, 0.25) is 0 Å². The van der Waals surface area contributed by atoms with E-state index in [4.69, 9.17) is 0 Å². The monoisotopic (exact) mass is 239 g/mol. The SMILES string of the molecule is CCNC(c1ccn(C)n1)C1CCCCS1. The van der Waals surface area contributed by atoms with Crippen LogP contribution in [0.15, 0.2) is 12.3 Å². The third kappa shape index (κ3) is 2.80. The van der Waals surface area contributed by atoms with E-state index < -0.39 is 0 Å². The fourth-order valence-electron chi connectivity index (χ4n) is 2.27. The second-order valence-electron chi connectivity index (χ2n) is 4.35. The zero-order valence-electron chi connectivity index (χ0n) is 10.1. The fraction of sp³-hybridized carbons (Fsp3) is 0.750. The zero-order valence-corrected chi connectivity index (χ0v) is 11.0. The van der Waals surface area contributed by atoms with Crippen LogP contribution in [0.1, 0.15) is 37.9 Å². The topological polar surface area (TPSA) is 29.9 Å². The van der Waals surface area contributed by atoms with Crippen LogP contribution in [0.25, 0.3) is 0 Å². The number of thioether (sulfide) groups is 1. The minimum absolute atomic E-state index is 0.427. The molecule has 3 nitrogen and oxygen atoms in total. The van der Waals surface area contributed by atoms with Gasteiger partial charge in [0.05, 0.1) is 11.7 Å². The van der Waals surface area contributed by atoms with Crippen molar-refractivity contribution in [3.05, 3.63) is 18.0 Å². The van der Waals surface area contributed by atoms with E-state index in [0.717, 1.165) is 6.54 Å². The van der Waals surface area contributed by atoms with Crippen molar-refractivity contribution >= 4 is 11.8 Å². The number of aromatic nitrogens is 2. The number of rotatable bonds is 4. The molecule has 16 heavy (non-hydrogen) atoms. The predicted molar refractivity (Wildman–Crippen MR) is 69.7 cm³/mol. The molecule has 1 fully saturated rings. The Morgan fingerprint density at radius 1 is 1.62 bits per heavy atom. The summed E-state index contributed by atoms with van der Waals surface area (Å²) in [6, 6.07) is 2.57. The Balaban J connectivity index is 2.09.